The van der Waals surface area contributed by atoms with E-state index >= 15 is 0 Å². The van der Waals surface area contributed by atoms with Gasteiger partial charge in [0, 0.05) is 18.2 Å². The maximum Gasteiger partial charge on any atom is 0.251 e. The summed E-state index contributed by atoms with van der Waals surface area (Å²) in [7, 11) is -3.73. The minimum Gasteiger partial charge on any atom is -0.352 e. The molecule has 0 saturated carbocycles. The molecule has 5 nitrogen and oxygen atoms in total. The van der Waals surface area contributed by atoms with Crippen molar-refractivity contribution in [2.75, 3.05) is 6.54 Å². The van der Waals surface area contributed by atoms with Crippen molar-refractivity contribution >= 4 is 15.9 Å². The van der Waals surface area contributed by atoms with Gasteiger partial charge in [-0.3, -0.25) is 4.79 Å². The van der Waals surface area contributed by atoms with E-state index in [1.807, 2.05) is 37.3 Å². The number of amides is 1. The Morgan fingerprint density at radius 1 is 1.12 bits per heavy atom. The van der Waals surface area contributed by atoms with E-state index in [0.717, 1.165) is 17.5 Å². The van der Waals surface area contributed by atoms with Crippen LogP contribution in [0, 0.1) is 6.92 Å². The minimum absolute atomic E-state index is 0.0857. The van der Waals surface area contributed by atoms with Gasteiger partial charge in [-0.25, -0.2) is 13.1 Å². The summed E-state index contributed by atoms with van der Waals surface area (Å²) < 4.78 is 28.0. The van der Waals surface area contributed by atoms with Crippen molar-refractivity contribution < 1.29 is 13.2 Å². The van der Waals surface area contributed by atoms with Gasteiger partial charge in [-0.2, -0.15) is 0 Å². The molecule has 0 bridgehead atoms. The van der Waals surface area contributed by atoms with Crippen molar-refractivity contribution in [1.29, 1.82) is 0 Å². The van der Waals surface area contributed by atoms with Crippen LogP contribution in [0.5, 0.6) is 0 Å². The Bertz CT molecular complexity index is 833. The van der Waals surface area contributed by atoms with Crippen LogP contribution in [0.15, 0.2) is 53.4 Å². The molecular formula is C19H24N2O3S. The smallest absolute Gasteiger partial charge is 0.251 e. The van der Waals surface area contributed by atoms with Crippen molar-refractivity contribution in [3.05, 3.63) is 65.2 Å². The van der Waals surface area contributed by atoms with E-state index in [1.165, 1.54) is 12.1 Å². The Balaban J connectivity index is 2.26. The number of carbonyl (C=O) groups excluding carboxylic acids is 1. The van der Waals surface area contributed by atoms with Gasteiger partial charge in [0.25, 0.3) is 5.91 Å². The van der Waals surface area contributed by atoms with Gasteiger partial charge >= 0.3 is 0 Å². The van der Waals surface area contributed by atoms with E-state index in [0.29, 0.717) is 12.1 Å². The highest BCUT2D eigenvalue weighted by Gasteiger charge is 2.20. The number of aryl methyl sites for hydroxylation is 1. The van der Waals surface area contributed by atoms with Crippen LogP contribution < -0.4 is 10.0 Å². The van der Waals surface area contributed by atoms with E-state index in [9.17, 15) is 13.2 Å². The van der Waals surface area contributed by atoms with E-state index in [1.54, 1.807) is 19.9 Å². The third-order valence-electron chi connectivity index (χ3n) is 3.93. The summed E-state index contributed by atoms with van der Waals surface area (Å²) in [5.74, 6) is -0.257. The molecule has 0 aromatic heterocycles. The molecule has 25 heavy (non-hydrogen) atoms. The number of rotatable bonds is 7. The van der Waals surface area contributed by atoms with Crippen molar-refractivity contribution in [3.63, 3.8) is 0 Å². The van der Waals surface area contributed by atoms with Crippen LogP contribution in [0.25, 0.3) is 0 Å². The standard InChI is InChI=1S/C19H24N2O3S/c1-4-12-20-19(22)18-13-17(11-10-14(18)2)25(23,24)21-15(3)16-8-6-5-7-9-16/h5-11,13,15,21H,4,12H2,1-3H3,(H,20,22)/t15-/m1/s1. The van der Waals surface area contributed by atoms with E-state index in [2.05, 4.69) is 10.0 Å². The van der Waals surface area contributed by atoms with Gasteiger partial charge < -0.3 is 5.32 Å². The zero-order valence-electron chi connectivity index (χ0n) is 14.7. The molecule has 0 unspecified atom stereocenters. The predicted molar refractivity (Wildman–Crippen MR) is 99.0 cm³/mol. The lowest BCUT2D eigenvalue weighted by Crippen LogP contribution is -2.28. The first-order chi connectivity index (χ1) is 11.8. The zero-order chi connectivity index (χ0) is 18.4. The van der Waals surface area contributed by atoms with Crippen molar-refractivity contribution in [1.82, 2.24) is 10.0 Å². The summed E-state index contributed by atoms with van der Waals surface area (Å²) in [4.78, 5) is 12.3. The van der Waals surface area contributed by atoms with Crippen LogP contribution in [0.1, 0.15) is 47.8 Å². The second-order valence-electron chi connectivity index (χ2n) is 5.99. The SMILES string of the molecule is CCCNC(=O)c1cc(S(=O)(=O)N[C@H](C)c2ccccc2)ccc1C. The fourth-order valence-corrected chi connectivity index (χ4v) is 3.71. The summed E-state index contributed by atoms with van der Waals surface area (Å²) in [5, 5.41) is 2.78. The van der Waals surface area contributed by atoms with E-state index in [-0.39, 0.29) is 16.8 Å². The Morgan fingerprint density at radius 3 is 2.44 bits per heavy atom. The van der Waals surface area contributed by atoms with Crippen LogP contribution >= 0.6 is 0 Å². The molecule has 1 amide bonds. The maximum absolute atomic E-state index is 12.7. The van der Waals surface area contributed by atoms with Gasteiger partial charge in [0.05, 0.1) is 4.90 Å². The Morgan fingerprint density at radius 2 is 1.80 bits per heavy atom. The second kappa shape index (κ2) is 8.27. The summed E-state index contributed by atoms with van der Waals surface area (Å²) in [6, 6.07) is 13.6. The van der Waals surface area contributed by atoms with Gasteiger partial charge in [-0.05, 0) is 43.5 Å². The Labute approximate surface area is 149 Å². The first kappa shape index (κ1) is 19.1. The number of carbonyl (C=O) groups is 1. The Kier molecular flexibility index (Phi) is 6.33. The highest BCUT2D eigenvalue weighted by Crippen LogP contribution is 2.19. The monoisotopic (exact) mass is 360 g/mol. The second-order valence-corrected chi connectivity index (χ2v) is 7.70. The molecule has 0 fully saturated rings. The third kappa shape index (κ3) is 4.90. The molecule has 1 atom stereocenters. The topological polar surface area (TPSA) is 75.3 Å². The quantitative estimate of drug-likeness (QED) is 0.796. The molecule has 0 heterocycles. The molecule has 6 heteroatoms. The normalized spacial score (nSPS) is 12.6. The average molecular weight is 360 g/mol. The first-order valence-corrected chi connectivity index (χ1v) is 9.79. The number of sulfonamides is 1. The lowest BCUT2D eigenvalue weighted by molar-refractivity contribution is 0.0953. The van der Waals surface area contributed by atoms with Crippen LogP contribution in [-0.2, 0) is 10.0 Å². The number of hydrogen-bond donors (Lipinski definition) is 2. The molecule has 0 saturated heterocycles. The fourth-order valence-electron chi connectivity index (χ4n) is 2.46. The van der Waals surface area contributed by atoms with E-state index in [4.69, 9.17) is 0 Å². The van der Waals surface area contributed by atoms with E-state index < -0.39 is 10.0 Å². The maximum atomic E-state index is 12.7. The molecule has 0 spiro atoms. The zero-order valence-corrected chi connectivity index (χ0v) is 15.6. The molecular weight excluding hydrogens is 336 g/mol. The highest BCUT2D eigenvalue weighted by molar-refractivity contribution is 7.89. The Hall–Kier alpha value is -2.18. The van der Waals surface area contributed by atoms with Crippen molar-refractivity contribution in [3.8, 4) is 0 Å². The molecule has 0 aliphatic rings. The van der Waals surface area contributed by atoms with Crippen LogP contribution in [0.2, 0.25) is 0 Å². The molecule has 134 valence electrons. The highest BCUT2D eigenvalue weighted by atomic mass is 32.2. The number of benzene rings is 2. The van der Waals surface area contributed by atoms with Crippen molar-refractivity contribution in [2.24, 2.45) is 0 Å². The van der Waals surface area contributed by atoms with Gasteiger partial charge in [0.15, 0.2) is 0 Å². The van der Waals surface area contributed by atoms with Crippen LogP contribution in [0.4, 0.5) is 0 Å². The summed E-state index contributed by atoms with van der Waals surface area (Å²) in [6.07, 6.45) is 0.818. The predicted octanol–water partition coefficient (Wildman–Crippen LogP) is 3.17. The molecule has 0 radical (unpaired) electrons. The largest absolute Gasteiger partial charge is 0.352 e. The lowest BCUT2D eigenvalue weighted by atomic mass is 10.1. The van der Waals surface area contributed by atoms with Gasteiger partial charge in [0.2, 0.25) is 10.0 Å². The average Bonchev–Trinajstić information content (AvgIpc) is 2.60. The van der Waals surface area contributed by atoms with Crippen molar-refractivity contribution in [2.45, 2.75) is 38.1 Å². The van der Waals surface area contributed by atoms with Gasteiger partial charge in [0.1, 0.15) is 0 Å². The van der Waals surface area contributed by atoms with Gasteiger partial charge in [-0.1, -0.05) is 43.3 Å². The molecule has 2 aromatic rings. The summed E-state index contributed by atoms with van der Waals surface area (Å²) >= 11 is 0. The van der Waals surface area contributed by atoms with Crippen LogP contribution in [-0.4, -0.2) is 20.9 Å². The fraction of sp³-hybridized carbons (Fsp3) is 0.316. The van der Waals surface area contributed by atoms with Crippen LogP contribution in [0.3, 0.4) is 0 Å². The molecule has 0 aliphatic heterocycles. The molecule has 2 N–H and O–H groups in total. The number of hydrogen-bond acceptors (Lipinski definition) is 3. The van der Waals surface area contributed by atoms with Gasteiger partial charge in [-0.15, -0.1) is 0 Å². The molecule has 2 rings (SSSR count). The first-order valence-electron chi connectivity index (χ1n) is 8.31. The number of nitrogens with one attached hydrogen (secondary N) is 2. The minimum atomic E-state index is -3.73. The third-order valence-corrected chi connectivity index (χ3v) is 5.47. The molecule has 0 aliphatic carbocycles. The lowest BCUT2D eigenvalue weighted by Gasteiger charge is -2.16. The summed E-state index contributed by atoms with van der Waals surface area (Å²) in [5.41, 5.74) is 1.99. The summed E-state index contributed by atoms with van der Waals surface area (Å²) in [6.45, 7) is 6.09. The molecule has 2 aromatic carbocycles.